The first-order valence-corrected chi connectivity index (χ1v) is 6.23. The van der Waals surface area contributed by atoms with E-state index >= 15 is 0 Å². The monoisotopic (exact) mass is 291 g/mol. The van der Waals surface area contributed by atoms with Gasteiger partial charge in [0.2, 0.25) is 0 Å². The van der Waals surface area contributed by atoms with Gasteiger partial charge in [0.1, 0.15) is 0 Å². The molecule has 0 radical (unpaired) electrons. The Morgan fingerprint density at radius 1 is 0.850 bits per heavy atom. The van der Waals surface area contributed by atoms with Gasteiger partial charge in [0.15, 0.2) is 0 Å². The van der Waals surface area contributed by atoms with Crippen LogP contribution in [0.5, 0.6) is 0 Å². The maximum Gasteiger partial charge on any atom is 0.408 e. The Morgan fingerprint density at radius 2 is 1.35 bits per heavy atom. The van der Waals surface area contributed by atoms with Gasteiger partial charge in [0.25, 0.3) is 0 Å². The first kappa shape index (κ1) is 17.8. The Bertz CT molecular complexity index is 311. The fourth-order valence-corrected chi connectivity index (χ4v) is 1.04. The molecule has 20 heavy (non-hydrogen) atoms. The molecule has 0 aromatic carbocycles. The molecule has 0 aliphatic rings. The molecule has 0 bridgehead atoms. The van der Waals surface area contributed by atoms with Crippen LogP contribution in [-0.2, 0) is 14.2 Å². The van der Waals surface area contributed by atoms with Gasteiger partial charge in [-0.15, -0.1) is 0 Å². The van der Waals surface area contributed by atoms with E-state index in [4.69, 9.17) is 9.47 Å². The first-order valence-electron chi connectivity index (χ1n) is 6.23. The largest absolute Gasteiger partial charge is 0.453 e. The molecule has 0 saturated heterocycles. The Labute approximate surface area is 117 Å². The van der Waals surface area contributed by atoms with E-state index in [-0.39, 0.29) is 19.9 Å². The number of unbranched alkanes of at least 4 members (excludes halogenated alkanes) is 1. The summed E-state index contributed by atoms with van der Waals surface area (Å²) in [4.78, 5) is 32.7. The van der Waals surface area contributed by atoms with Crippen molar-refractivity contribution in [2.24, 2.45) is 0 Å². The van der Waals surface area contributed by atoms with Crippen LogP contribution >= 0.6 is 0 Å². The maximum atomic E-state index is 11.1. The molecule has 0 aliphatic carbocycles. The second-order valence-corrected chi connectivity index (χ2v) is 3.53. The van der Waals surface area contributed by atoms with Gasteiger partial charge in [-0.2, -0.15) is 0 Å². The summed E-state index contributed by atoms with van der Waals surface area (Å²) >= 11 is 0. The van der Waals surface area contributed by atoms with E-state index in [1.54, 1.807) is 6.92 Å². The molecule has 0 fully saturated rings. The van der Waals surface area contributed by atoms with Crippen LogP contribution < -0.4 is 16.0 Å². The van der Waals surface area contributed by atoms with Gasteiger partial charge in [0, 0.05) is 6.54 Å². The third-order valence-corrected chi connectivity index (χ3v) is 1.98. The lowest BCUT2D eigenvalue weighted by molar-refractivity contribution is 0.128. The second kappa shape index (κ2) is 11.9. The summed E-state index contributed by atoms with van der Waals surface area (Å²) in [5.41, 5.74) is 0. The highest BCUT2D eigenvalue weighted by Gasteiger charge is 2.03. The standard InChI is InChI=1S/C11H21N3O6/c1-3-12-10(16)19-6-4-5-7-20-11(17)14-8-13-9(15)18-2/h3-8H2,1-2H3,(H,12,16)(H,13,15)(H,14,17). The number of alkyl carbamates (subject to hydrolysis) is 3. The summed E-state index contributed by atoms with van der Waals surface area (Å²) in [7, 11) is 1.22. The molecule has 0 atom stereocenters. The average Bonchev–Trinajstić information content (AvgIpc) is 2.42. The molecule has 0 aromatic heterocycles. The van der Waals surface area contributed by atoms with Crippen molar-refractivity contribution in [2.45, 2.75) is 19.8 Å². The quantitative estimate of drug-likeness (QED) is 0.342. The van der Waals surface area contributed by atoms with Gasteiger partial charge in [-0.25, -0.2) is 14.4 Å². The van der Waals surface area contributed by atoms with E-state index in [0.717, 1.165) is 0 Å². The third-order valence-electron chi connectivity index (χ3n) is 1.98. The van der Waals surface area contributed by atoms with Crippen LogP contribution in [0.4, 0.5) is 14.4 Å². The van der Waals surface area contributed by atoms with Crippen molar-refractivity contribution in [1.29, 1.82) is 0 Å². The molecule has 0 spiro atoms. The lowest BCUT2D eigenvalue weighted by Gasteiger charge is -2.08. The molecule has 0 saturated carbocycles. The smallest absolute Gasteiger partial charge is 0.408 e. The summed E-state index contributed by atoms with van der Waals surface area (Å²) < 4.78 is 13.9. The number of carbonyl (C=O) groups is 3. The van der Waals surface area contributed by atoms with Crippen molar-refractivity contribution < 1.29 is 28.6 Å². The zero-order valence-electron chi connectivity index (χ0n) is 11.7. The van der Waals surface area contributed by atoms with Gasteiger partial charge >= 0.3 is 18.3 Å². The number of methoxy groups -OCH3 is 1. The van der Waals surface area contributed by atoms with Gasteiger partial charge < -0.3 is 30.2 Å². The Balaban J connectivity index is 3.35. The van der Waals surface area contributed by atoms with Crippen molar-refractivity contribution in [3.8, 4) is 0 Å². The van der Waals surface area contributed by atoms with E-state index < -0.39 is 18.3 Å². The topological polar surface area (TPSA) is 115 Å². The maximum absolute atomic E-state index is 11.1. The highest BCUT2D eigenvalue weighted by molar-refractivity contribution is 5.69. The highest BCUT2D eigenvalue weighted by atomic mass is 16.6. The molecular formula is C11H21N3O6. The van der Waals surface area contributed by atoms with Crippen LogP contribution in [0.3, 0.4) is 0 Å². The summed E-state index contributed by atoms with van der Waals surface area (Å²) in [6.07, 6.45) is -0.596. The summed E-state index contributed by atoms with van der Waals surface area (Å²) in [6.45, 7) is 2.69. The van der Waals surface area contributed by atoms with Crippen LogP contribution in [0.25, 0.3) is 0 Å². The fourth-order valence-electron chi connectivity index (χ4n) is 1.04. The normalized spacial score (nSPS) is 9.30. The molecule has 116 valence electrons. The van der Waals surface area contributed by atoms with E-state index in [9.17, 15) is 14.4 Å². The molecule has 9 heteroatoms. The number of ether oxygens (including phenoxy) is 3. The van der Waals surface area contributed by atoms with Crippen molar-refractivity contribution in [2.75, 3.05) is 33.5 Å². The number of nitrogens with one attached hydrogen (secondary N) is 3. The van der Waals surface area contributed by atoms with Crippen LogP contribution in [0, 0.1) is 0 Å². The molecule has 0 aliphatic heterocycles. The van der Waals surface area contributed by atoms with Gasteiger partial charge in [-0.3, -0.25) is 0 Å². The SMILES string of the molecule is CCNC(=O)OCCCCOC(=O)NCNC(=O)OC. The lowest BCUT2D eigenvalue weighted by atomic mass is 10.3. The predicted octanol–water partition coefficient (Wildman–Crippen LogP) is 0.552. The second-order valence-electron chi connectivity index (χ2n) is 3.53. The third kappa shape index (κ3) is 10.9. The Kier molecular flexibility index (Phi) is 10.6. The van der Waals surface area contributed by atoms with E-state index in [1.807, 2.05) is 0 Å². The number of carbonyl (C=O) groups excluding carboxylic acids is 3. The minimum absolute atomic E-state index is 0.0776. The van der Waals surface area contributed by atoms with E-state index in [0.29, 0.717) is 19.4 Å². The Hall–Kier alpha value is -2.19. The van der Waals surface area contributed by atoms with Crippen LogP contribution in [0.15, 0.2) is 0 Å². The molecule has 0 aromatic rings. The van der Waals surface area contributed by atoms with Crippen molar-refractivity contribution in [3.63, 3.8) is 0 Å². The highest BCUT2D eigenvalue weighted by Crippen LogP contribution is 1.92. The minimum Gasteiger partial charge on any atom is -0.453 e. The van der Waals surface area contributed by atoms with Crippen molar-refractivity contribution in [1.82, 2.24) is 16.0 Å². The van der Waals surface area contributed by atoms with Crippen molar-refractivity contribution in [3.05, 3.63) is 0 Å². The van der Waals surface area contributed by atoms with Gasteiger partial charge in [-0.1, -0.05) is 0 Å². The Morgan fingerprint density at radius 3 is 1.85 bits per heavy atom. The van der Waals surface area contributed by atoms with Crippen LogP contribution in [0.1, 0.15) is 19.8 Å². The molecule has 3 N–H and O–H groups in total. The molecule has 0 rings (SSSR count). The predicted molar refractivity (Wildman–Crippen MR) is 69.2 cm³/mol. The molecule has 0 heterocycles. The summed E-state index contributed by atoms with van der Waals surface area (Å²) in [5, 5.41) is 7.06. The van der Waals surface area contributed by atoms with Crippen molar-refractivity contribution >= 4 is 18.3 Å². The molecule has 9 nitrogen and oxygen atoms in total. The lowest BCUT2D eigenvalue weighted by Crippen LogP contribution is -2.37. The number of rotatable bonds is 8. The average molecular weight is 291 g/mol. The molecular weight excluding hydrogens is 270 g/mol. The number of hydrogen-bond acceptors (Lipinski definition) is 6. The molecule has 3 amide bonds. The summed E-state index contributed by atoms with van der Waals surface area (Å²) in [6, 6.07) is 0. The zero-order valence-corrected chi connectivity index (χ0v) is 11.7. The van der Waals surface area contributed by atoms with Crippen LogP contribution in [-0.4, -0.2) is 51.8 Å². The number of amides is 3. The van der Waals surface area contributed by atoms with Crippen LogP contribution in [0.2, 0.25) is 0 Å². The number of hydrogen-bond donors (Lipinski definition) is 3. The van der Waals surface area contributed by atoms with E-state index in [1.165, 1.54) is 7.11 Å². The molecule has 0 unspecified atom stereocenters. The minimum atomic E-state index is -0.647. The van der Waals surface area contributed by atoms with E-state index in [2.05, 4.69) is 20.7 Å². The fraction of sp³-hybridized carbons (Fsp3) is 0.727. The van der Waals surface area contributed by atoms with Gasteiger partial charge in [0.05, 0.1) is 27.0 Å². The van der Waals surface area contributed by atoms with Gasteiger partial charge in [-0.05, 0) is 19.8 Å². The zero-order chi connectivity index (χ0) is 15.2. The summed E-state index contributed by atoms with van der Waals surface area (Å²) in [5.74, 6) is 0. The first-order chi connectivity index (χ1) is 9.60.